The van der Waals surface area contributed by atoms with E-state index in [1.807, 2.05) is 30.3 Å². The lowest BCUT2D eigenvalue weighted by Gasteiger charge is -2.57. The van der Waals surface area contributed by atoms with Crippen molar-refractivity contribution in [3.63, 3.8) is 0 Å². The molecule has 0 heterocycles. The highest BCUT2D eigenvalue weighted by Crippen LogP contribution is 2.55. The Morgan fingerprint density at radius 2 is 1.65 bits per heavy atom. The van der Waals surface area contributed by atoms with Crippen LogP contribution in [0.2, 0.25) is 0 Å². The molecule has 0 radical (unpaired) electrons. The standard InChI is InChI=1S/C22H27NO3/c1-15(26-20(24)8-7-16-5-3-2-4-6-16)21(25)23-22-12-17-9-18(13-22)11-19(10-17)14-22/h2-8,15,17-19H,9-14H2,1H3,(H,23,25)/b8-7+/t15-,17?,18?,19?,22?/m0/s1. The first-order chi connectivity index (χ1) is 12.5. The molecule has 1 amide bonds. The lowest BCUT2D eigenvalue weighted by atomic mass is 9.53. The highest BCUT2D eigenvalue weighted by Gasteiger charge is 2.51. The first-order valence-corrected chi connectivity index (χ1v) is 9.77. The molecular weight excluding hydrogens is 326 g/mol. The van der Waals surface area contributed by atoms with Crippen molar-refractivity contribution in [2.24, 2.45) is 17.8 Å². The van der Waals surface area contributed by atoms with E-state index in [9.17, 15) is 9.59 Å². The fraction of sp³-hybridized carbons (Fsp3) is 0.545. The third-order valence-electron chi connectivity index (χ3n) is 6.30. The van der Waals surface area contributed by atoms with Gasteiger partial charge >= 0.3 is 5.97 Å². The Morgan fingerprint density at radius 3 is 2.23 bits per heavy atom. The minimum atomic E-state index is -0.768. The van der Waals surface area contributed by atoms with Crippen molar-refractivity contribution in [3.8, 4) is 0 Å². The summed E-state index contributed by atoms with van der Waals surface area (Å²) in [6.45, 7) is 1.66. The number of ether oxygens (including phenoxy) is 1. The molecule has 4 nitrogen and oxygen atoms in total. The molecule has 4 fully saturated rings. The average Bonchev–Trinajstić information content (AvgIpc) is 2.59. The SMILES string of the molecule is C[C@H](OC(=O)/C=C/c1ccccc1)C(=O)NC12CC3CC(CC(C3)C1)C2. The molecule has 4 aliphatic rings. The number of amides is 1. The van der Waals surface area contributed by atoms with Gasteiger partial charge in [0, 0.05) is 11.6 Å². The molecule has 1 N–H and O–H groups in total. The van der Waals surface area contributed by atoms with Crippen LogP contribution in [0.15, 0.2) is 36.4 Å². The molecule has 138 valence electrons. The molecule has 26 heavy (non-hydrogen) atoms. The topological polar surface area (TPSA) is 55.4 Å². The van der Waals surface area contributed by atoms with E-state index in [1.165, 1.54) is 25.3 Å². The fourth-order valence-electron chi connectivity index (χ4n) is 5.62. The number of benzene rings is 1. The maximum atomic E-state index is 12.6. The second kappa shape index (κ2) is 6.90. The van der Waals surface area contributed by atoms with Gasteiger partial charge in [-0.15, -0.1) is 0 Å². The number of carbonyl (C=O) groups excluding carboxylic acids is 2. The van der Waals surface area contributed by atoms with Crippen molar-refractivity contribution >= 4 is 18.0 Å². The normalized spacial score (nSPS) is 33.2. The summed E-state index contributed by atoms with van der Waals surface area (Å²) in [4.78, 5) is 24.6. The molecule has 4 heteroatoms. The molecule has 4 saturated carbocycles. The molecule has 0 spiro atoms. The highest BCUT2D eigenvalue weighted by molar-refractivity contribution is 5.90. The molecule has 5 rings (SSSR count). The molecule has 0 aliphatic heterocycles. The van der Waals surface area contributed by atoms with E-state index in [-0.39, 0.29) is 11.4 Å². The Bertz CT molecular complexity index is 674. The van der Waals surface area contributed by atoms with Gasteiger partial charge in [-0.25, -0.2) is 4.79 Å². The van der Waals surface area contributed by atoms with E-state index < -0.39 is 12.1 Å². The summed E-state index contributed by atoms with van der Waals surface area (Å²) >= 11 is 0. The molecule has 4 aliphatic carbocycles. The fourth-order valence-corrected chi connectivity index (χ4v) is 5.62. The molecule has 0 saturated heterocycles. The lowest BCUT2D eigenvalue weighted by Crippen LogP contribution is -2.61. The van der Waals surface area contributed by atoms with E-state index in [4.69, 9.17) is 4.74 Å². The predicted molar refractivity (Wildman–Crippen MR) is 100 cm³/mol. The van der Waals surface area contributed by atoms with E-state index in [2.05, 4.69) is 5.32 Å². The Labute approximate surface area is 155 Å². The number of hydrogen-bond donors (Lipinski definition) is 1. The Morgan fingerprint density at radius 1 is 1.08 bits per heavy atom. The van der Waals surface area contributed by atoms with Gasteiger partial charge in [0.25, 0.3) is 5.91 Å². The number of hydrogen-bond acceptors (Lipinski definition) is 3. The largest absolute Gasteiger partial charge is 0.449 e. The number of nitrogens with one attached hydrogen (secondary N) is 1. The quantitative estimate of drug-likeness (QED) is 0.648. The van der Waals surface area contributed by atoms with E-state index in [0.717, 1.165) is 42.6 Å². The third kappa shape index (κ3) is 3.69. The van der Waals surface area contributed by atoms with Gasteiger partial charge in [0.05, 0.1) is 0 Å². The van der Waals surface area contributed by atoms with Gasteiger partial charge in [-0.2, -0.15) is 0 Å². The van der Waals surface area contributed by atoms with Crippen molar-refractivity contribution in [3.05, 3.63) is 42.0 Å². The summed E-state index contributed by atoms with van der Waals surface area (Å²) in [6, 6.07) is 9.56. The molecule has 0 aromatic heterocycles. The van der Waals surface area contributed by atoms with Crippen LogP contribution < -0.4 is 5.32 Å². The van der Waals surface area contributed by atoms with Crippen molar-refractivity contribution in [1.82, 2.24) is 5.32 Å². The van der Waals surface area contributed by atoms with Gasteiger partial charge in [-0.05, 0) is 74.8 Å². The van der Waals surface area contributed by atoms with Crippen LogP contribution >= 0.6 is 0 Å². The molecule has 1 aromatic rings. The second-order valence-corrected chi connectivity index (χ2v) is 8.51. The maximum Gasteiger partial charge on any atom is 0.331 e. The number of rotatable bonds is 5. The molecule has 4 bridgehead atoms. The zero-order chi connectivity index (χ0) is 18.1. The monoisotopic (exact) mass is 353 g/mol. The summed E-state index contributed by atoms with van der Waals surface area (Å²) in [7, 11) is 0. The van der Waals surface area contributed by atoms with Crippen molar-refractivity contribution in [2.75, 3.05) is 0 Å². The van der Waals surface area contributed by atoms with Crippen LogP contribution in [0.5, 0.6) is 0 Å². The van der Waals surface area contributed by atoms with Crippen LogP contribution in [0, 0.1) is 17.8 Å². The van der Waals surface area contributed by atoms with Crippen molar-refractivity contribution < 1.29 is 14.3 Å². The maximum absolute atomic E-state index is 12.6. The van der Waals surface area contributed by atoms with Gasteiger partial charge in [-0.3, -0.25) is 4.79 Å². The van der Waals surface area contributed by atoms with Crippen LogP contribution in [-0.2, 0) is 14.3 Å². The van der Waals surface area contributed by atoms with Crippen LogP contribution in [0.25, 0.3) is 6.08 Å². The zero-order valence-corrected chi connectivity index (χ0v) is 15.3. The molecule has 1 aromatic carbocycles. The van der Waals surface area contributed by atoms with E-state index in [1.54, 1.807) is 13.0 Å². The first kappa shape index (κ1) is 17.3. The summed E-state index contributed by atoms with van der Waals surface area (Å²) in [5.41, 5.74) is 0.877. The summed E-state index contributed by atoms with van der Waals surface area (Å²) in [5, 5.41) is 3.26. The predicted octanol–water partition coefficient (Wildman–Crippen LogP) is 3.72. The number of carbonyl (C=O) groups is 2. The first-order valence-electron chi connectivity index (χ1n) is 9.77. The van der Waals surface area contributed by atoms with E-state index in [0.29, 0.717) is 0 Å². The van der Waals surface area contributed by atoms with Crippen LogP contribution in [-0.4, -0.2) is 23.5 Å². The summed E-state index contributed by atoms with van der Waals surface area (Å²) in [6.07, 6.45) is 9.61. The summed E-state index contributed by atoms with van der Waals surface area (Å²) < 4.78 is 5.31. The second-order valence-electron chi connectivity index (χ2n) is 8.51. The van der Waals surface area contributed by atoms with Crippen LogP contribution in [0.1, 0.15) is 51.0 Å². The van der Waals surface area contributed by atoms with Crippen molar-refractivity contribution in [1.29, 1.82) is 0 Å². The smallest absolute Gasteiger partial charge is 0.331 e. The summed E-state index contributed by atoms with van der Waals surface area (Å²) in [5.74, 6) is 1.67. The van der Waals surface area contributed by atoms with Crippen molar-refractivity contribution in [2.45, 2.75) is 57.1 Å². The zero-order valence-electron chi connectivity index (χ0n) is 15.3. The molecule has 0 unspecified atom stereocenters. The minimum Gasteiger partial charge on any atom is -0.449 e. The Kier molecular flexibility index (Phi) is 4.60. The number of esters is 1. The van der Waals surface area contributed by atoms with Gasteiger partial charge in [0.15, 0.2) is 6.10 Å². The van der Waals surface area contributed by atoms with Crippen LogP contribution in [0.4, 0.5) is 0 Å². The average molecular weight is 353 g/mol. The Hall–Kier alpha value is -2.10. The van der Waals surface area contributed by atoms with Gasteiger partial charge < -0.3 is 10.1 Å². The van der Waals surface area contributed by atoms with Gasteiger partial charge in [0.2, 0.25) is 0 Å². The molecule has 1 atom stereocenters. The Balaban J connectivity index is 1.32. The van der Waals surface area contributed by atoms with Gasteiger partial charge in [0.1, 0.15) is 0 Å². The van der Waals surface area contributed by atoms with Gasteiger partial charge in [-0.1, -0.05) is 30.3 Å². The molecular formula is C22H27NO3. The minimum absolute atomic E-state index is 0.0492. The lowest BCUT2D eigenvalue weighted by molar-refractivity contribution is -0.152. The third-order valence-corrected chi connectivity index (χ3v) is 6.30. The van der Waals surface area contributed by atoms with Crippen LogP contribution in [0.3, 0.4) is 0 Å². The van der Waals surface area contributed by atoms with E-state index >= 15 is 0 Å². The highest BCUT2D eigenvalue weighted by atomic mass is 16.5.